The van der Waals surface area contributed by atoms with Gasteiger partial charge in [0.2, 0.25) is 0 Å². The average molecular weight is 778 g/mol. The van der Waals surface area contributed by atoms with Crippen LogP contribution in [0.25, 0.3) is 0 Å². The molecule has 1 atom stereocenters. The molecular formula is C27H28I2N2O5S2. The summed E-state index contributed by atoms with van der Waals surface area (Å²) >= 11 is 4.46. The molecule has 0 saturated heterocycles. The molecule has 0 spiro atoms. The Morgan fingerprint density at radius 2 is 1.66 bits per heavy atom. The molecule has 0 radical (unpaired) electrons. The normalized spacial score (nSPS) is 15.6. The Morgan fingerprint density at radius 1 is 1.05 bits per heavy atom. The number of sulfonamides is 2. The maximum absolute atomic E-state index is 13.9. The van der Waals surface area contributed by atoms with E-state index < -0.39 is 20.0 Å². The van der Waals surface area contributed by atoms with Crippen molar-refractivity contribution in [3.63, 3.8) is 0 Å². The van der Waals surface area contributed by atoms with E-state index in [1.54, 1.807) is 72.8 Å². The number of hydrogen-bond acceptors (Lipinski definition) is 5. The third kappa shape index (κ3) is 5.43. The Kier molecular flexibility index (Phi) is 9.30. The van der Waals surface area contributed by atoms with Gasteiger partial charge in [0, 0.05) is 27.2 Å². The highest BCUT2D eigenvalue weighted by atomic mass is 127. The van der Waals surface area contributed by atoms with Gasteiger partial charge in [-0.05, 0) is 71.2 Å². The van der Waals surface area contributed by atoms with Gasteiger partial charge in [-0.15, -0.1) is 6.58 Å². The van der Waals surface area contributed by atoms with Crippen LogP contribution in [0, 0.1) is 3.57 Å². The summed E-state index contributed by atoms with van der Waals surface area (Å²) in [6, 6.07) is 18.3. The maximum Gasteiger partial charge on any atom is 0.264 e. The molecule has 1 aliphatic heterocycles. The van der Waals surface area contributed by atoms with E-state index in [-0.39, 0.29) is 22.3 Å². The second kappa shape index (κ2) is 12.1. The van der Waals surface area contributed by atoms with Gasteiger partial charge < -0.3 is 4.74 Å². The molecule has 0 fully saturated rings. The SMILES string of the molecule is C=CCCN(c1c(OC)cc2c(c1I)C(CI)CCN2S(=O)(=O)c1ccccc1)S(=O)(=O)c1ccccc1. The van der Waals surface area contributed by atoms with E-state index in [1.807, 2.05) is 0 Å². The lowest BCUT2D eigenvalue weighted by Crippen LogP contribution is -2.38. The summed E-state index contributed by atoms with van der Waals surface area (Å²) in [4.78, 5) is 0.370. The van der Waals surface area contributed by atoms with Crippen molar-refractivity contribution in [2.45, 2.75) is 28.6 Å². The molecule has 38 heavy (non-hydrogen) atoms. The highest BCUT2D eigenvalue weighted by Gasteiger charge is 2.38. The molecule has 3 aromatic rings. The Labute approximate surface area is 252 Å². The second-order valence-electron chi connectivity index (χ2n) is 8.67. The van der Waals surface area contributed by atoms with Crippen molar-refractivity contribution < 1.29 is 21.6 Å². The van der Waals surface area contributed by atoms with E-state index in [2.05, 4.69) is 51.8 Å². The summed E-state index contributed by atoms with van der Waals surface area (Å²) in [5.41, 5.74) is 1.74. The van der Waals surface area contributed by atoms with Crippen LogP contribution in [0.1, 0.15) is 24.3 Å². The van der Waals surface area contributed by atoms with E-state index in [0.29, 0.717) is 40.1 Å². The molecule has 0 N–H and O–H groups in total. The van der Waals surface area contributed by atoms with Gasteiger partial charge >= 0.3 is 0 Å². The van der Waals surface area contributed by atoms with Crippen molar-refractivity contribution >= 4 is 76.6 Å². The Hall–Kier alpha value is -1.84. The molecule has 0 saturated carbocycles. The largest absolute Gasteiger partial charge is 0.494 e. The van der Waals surface area contributed by atoms with Crippen molar-refractivity contribution in [3.05, 3.63) is 88.5 Å². The maximum atomic E-state index is 13.9. The molecule has 1 aliphatic rings. The minimum atomic E-state index is -3.95. The van der Waals surface area contributed by atoms with Crippen LogP contribution in [-0.4, -0.2) is 41.5 Å². The quantitative estimate of drug-likeness (QED) is 0.139. The van der Waals surface area contributed by atoms with E-state index in [9.17, 15) is 16.8 Å². The highest BCUT2D eigenvalue weighted by Crippen LogP contribution is 2.49. The van der Waals surface area contributed by atoms with Gasteiger partial charge in [-0.2, -0.15) is 0 Å². The molecule has 11 heteroatoms. The van der Waals surface area contributed by atoms with Crippen LogP contribution < -0.4 is 13.3 Å². The predicted molar refractivity (Wildman–Crippen MR) is 169 cm³/mol. The van der Waals surface area contributed by atoms with E-state index >= 15 is 0 Å². The first-order chi connectivity index (χ1) is 18.2. The van der Waals surface area contributed by atoms with E-state index in [0.717, 1.165) is 9.99 Å². The zero-order valence-electron chi connectivity index (χ0n) is 20.8. The zero-order valence-corrected chi connectivity index (χ0v) is 26.7. The third-order valence-electron chi connectivity index (χ3n) is 6.43. The minimum absolute atomic E-state index is 0.0464. The first-order valence-corrected chi connectivity index (χ1v) is 17.4. The number of halogens is 2. The zero-order chi connectivity index (χ0) is 27.5. The highest BCUT2D eigenvalue weighted by molar-refractivity contribution is 14.1. The number of fused-ring (bicyclic) bond motifs is 1. The smallest absolute Gasteiger partial charge is 0.264 e. The van der Waals surface area contributed by atoms with Crippen LogP contribution in [-0.2, 0) is 20.0 Å². The van der Waals surface area contributed by atoms with Gasteiger partial charge in [0.1, 0.15) is 11.4 Å². The molecule has 0 amide bonds. The molecule has 7 nitrogen and oxygen atoms in total. The van der Waals surface area contributed by atoms with Gasteiger partial charge in [0.15, 0.2) is 0 Å². The summed E-state index contributed by atoms with van der Waals surface area (Å²) in [5, 5.41) is 0. The number of alkyl halides is 1. The van der Waals surface area contributed by atoms with Crippen LogP contribution in [0.4, 0.5) is 11.4 Å². The molecule has 0 bridgehead atoms. The summed E-state index contributed by atoms with van der Waals surface area (Å²) in [7, 11) is -6.32. The van der Waals surface area contributed by atoms with Crippen molar-refractivity contribution in [3.8, 4) is 5.75 Å². The predicted octanol–water partition coefficient (Wildman–Crippen LogP) is 6.19. The number of nitrogens with zero attached hydrogens (tertiary/aromatic N) is 2. The Balaban J connectivity index is 1.97. The Bertz CT molecular complexity index is 1520. The average Bonchev–Trinajstić information content (AvgIpc) is 2.94. The standard InChI is InChI=1S/C27H28I2N2O5S2/c1-3-4-16-31(38(34,35)22-13-9-6-10-14-22)27-24(36-2)18-23-25(26(27)29)20(19-28)15-17-30(23)37(32,33)21-11-7-5-8-12-21/h3,5-14,18,20H,1,4,15-17,19H2,2H3. The van der Waals surface area contributed by atoms with Crippen LogP contribution in [0.15, 0.2) is 89.2 Å². The number of rotatable bonds is 10. The van der Waals surface area contributed by atoms with Crippen molar-refractivity contribution in [2.24, 2.45) is 0 Å². The lowest BCUT2D eigenvalue weighted by atomic mass is 9.92. The van der Waals surface area contributed by atoms with Gasteiger partial charge in [-0.1, -0.05) is 65.1 Å². The number of benzene rings is 3. The number of ether oxygens (including phenoxy) is 1. The van der Waals surface area contributed by atoms with E-state index in [1.165, 1.54) is 15.7 Å². The van der Waals surface area contributed by atoms with Gasteiger partial charge in [-0.3, -0.25) is 8.61 Å². The number of anilines is 2. The number of hydrogen-bond donors (Lipinski definition) is 0. The van der Waals surface area contributed by atoms with Crippen molar-refractivity contribution in [1.82, 2.24) is 0 Å². The van der Waals surface area contributed by atoms with Crippen LogP contribution in [0.3, 0.4) is 0 Å². The molecule has 4 rings (SSSR count). The fraction of sp³-hybridized carbons (Fsp3) is 0.259. The van der Waals surface area contributed by atoms with Crippen LogP contribution in [0.2, 0.25) is 0 Å². The molecular weight excluding hydrogens is 750 g/mol. The lowest BCUT2D eigenvalue weighted by Gasteiger charge is -2.37. The van der Waals surface area contributed by atoms with Crippen LogP contribution >= 0.6 is 45.2 Å². The summed E-state index contributed by atoms with van der Waals surface area (Å²) < 4.78 is 65.2. The van der Waals surface area contributed by atoms with Crippen molar-refractivity contribution in [1.29, 1.82) is 0 Å². The molecule has 0 aromatic heterocycles. The number of methoxy groups -OCH3 is 1. The summed E-state index contributed by atoms with van der Waals surface area (Å²) in [6.07, 6.45) is 2.71. The first kappa shape index (κ1) is 29.2. The Morgan fingerprint density at radius 3 is 2.21 bits per heavy atom. The molecule has 1 unspecified atom stereocenters. The fourth-order valence-electron chi connectivity index (χ4n) is 4.54. The van der Waals surface area contributed by atoms with Gasteiger partial charge in [0.25, 0.3) is 20.0 Å². The van der Waals surface area contributed by atoms with Gasteiger partial charge in [0.05, 0.1) is 22.6 Å². The van der Waals surface area contributed by atoms with Crippen molar-refractivity contribution in [2.75, 3.05) is 33.2 Å². The van der Waals surface area contributed by atoms with E-state index in [4.69, 9.17) is 4.74 Å². The fourth-order valence-corrected chi connectivity index (χ4v) is 9.90. The summed E-state index contributed by atoms with van der Waals surface area (Å²) in [6.45, 7) is 4.26. The lowest BCUT2D eigenvalue weighted by molar-refractivity contribution is 0.414. The third-order valence-corrected chi connectivity index (χ3v) is 12.2. The molecule has 3 aromatic carbocycles. The molecule has 0 aliphatic carbocycles. The second-order valence-corrected chi connectivity index (χ2v) is 14.4. The summed E-state index contributed by atoms with van der Waals surface area (Å²) in [5.74, 6) is 0.337. The minimum Gasteiger partial charge on any atom is -0.494 e. The van der Waals surface area contributed by atoms with Crippen LogP contribution in [0.5, 0.6) is 5.75 Å². The van der Waals surface area contributed by atoms with Gasteiger partial charge in [-0.25, -0.2) is 16.8 Å². The first-order valence-electron chi connectivity index (χ1n) is 11.9. The molecule has 202 valence electrons. The molecule has 1 heterocycles. The monoisotopic (exact) mass is 778 g/mol. The topological polar surface area (TPSA) is 84.0 Å².